The molecule has 3 heterocycles. The van der Waals surface area contributed by atoms with Gasteiger partial charge >= 0.3 is 0 Å². The number of aromatic nitrogens is 3. The van der Waals surface area contributed by atoms with Crippen LogP contribution in [0.3, 0.4) is 0 Å². The Balaban J connectivity index is 1.10. The Labute approximate surface area is 327 Å². The molecule has 0 aliphatic heterocycles. The quantitative estimate of drug-likeness (QED) is 0.157. The molecule has 56 heavy (non-hydrogen) atoms. The third-order valence-electron chi connectivity index (χ3n) is 10.0. The second kappa shape index (κ2) is 14.2. The Morgan fingerprint density at radius 2 is 1.16 bits per heavy atom. The van der Waals surface area contributed by atoms with E-state index >= 15 is 0 Å². The van der Waals surface area contributed by atoms with Gasteiger partial charge in [-0.15, -0.1) is 11.3 Å². The van der Waals surface area contributed by atoms with Crippen LogP contribution in [0.2, 0.25) is 0 Å². The molecule has 0 aliphatic rings. The number of thiophene rings is 1. The summed E-state index contributed by atoms with van der Waals surface area (Å²) in [5, 5.41) is 2.96. The largest absolute Gasteiger partial charge is 0.456 e. The Kier molecular flexibility index (Phi) is 8.46. The molecule has 266 valence electrons. The molecule has 0 saturated carbocycles. The molecule has 0 radical (unpaired) electrons. The zero-order chi connectivity index (χ0) is 37.4. The lowest BCUT2D eigenvalue weighted by Gasteiger charge is -2.10. The summed E-state index contributed by atoms with van der Waals surface area (Å²) >= 11 is 1.68. The van der Waals surface area contributed by atoms with E-state index in [-0.39, 0.29) is 0 Å². The maximum atomic E-state index is 6.89. The number of fused-ring (bicyclic) bond motifs is 4. The predicted octanol–water partition coefficient (Wildman–Crippen LogP) is 12.3. The van der Waals surface area contributed by atoms with Crippen LogP contribution >= 0.6 is 11.3 Å². The van der Waals surface area contributed by atoms with Gasteiger partial charge in [-0.25, -0.2) is 15.0 Å². The number of rotatable bonds is 8. The summed E-state index contributed by atoms with van der Waals surface area (Å²) in [6, 6.07) is 59.7. The first-order valence-electron chi connectivity index (χ1n) is 18.5. The van der Waals surface area contributed by atoms with Crippen LogP contribution in [0.4, 0.5) is 5.69 Å². The van der Waals surface area contributed by atoms with Gasteiger partial charge in [0.2, 0.25) is 0 Å². The summed E-state index contributed by atoms with van der Waals surface area (Å²) in [5.74, 6) is 1.80. The van der Waals surface area contributed by atoms with Crippen molar-refractivity contribution in [3.05, 3.63) is 192 Å². The van der Waals surface area contributed by atoms with E-state index in [1.54, 1.807) is 11.3 Å². The lowest BCUT2D eigenvalue weighted by atomic mass is 9.99. The molecule has 0 aliphatic carbocycles. The Morgan fingerprint density at radius 3 is 1.88 bits per heavy atom. The van der Waals surface area contributed by atoms with E-state index in [0.717, 1.165) is 87.2 Å². The second-order valence-corrected chi connectivity index (χ2v) is 14.7. The van der Waals surface area contributed by atoms with Gasteiger partial charge in [-0.3, -0.25) is 4.99 Å². The smallest absolute Gasteiger partial charge is 0.164 e. The van der Waals surface area contributed by atoms with Crippen LogP contribution in [0.5, 0.6) is 0 Å². The van der Waals surface area contributed by atoms with Gasteiger partial charge in [0, 0.05) is 43.1 Å². The van der Waals surface area contributed by atoms with Gasteiger partial charge in [0.15, 0.2) is 17.5 Å². The molecule has 7 aromatic carbocycles. The average molecular weight is 740 g/mol. The molecule has 0 unspecified atom stereocenters. The molecule has 6 nitrogen and oxygen atoms in total. The average Bonchev–Trinajstić information content (AvgIpc) is 3.81. The molecule has 10 rings (SSSR count). The van der Waals surface area contributed by atoms with Crippen molar-refractivity contribution in [1.29, 1.82) is 0 Å². The number of aliphatic imine (C=N–C) groups is 1. The summed E-state index contributed by atoms with van der Waals surface area (Å²) in [5.41, 5.74) is 17.1. The van der Waals surface area contributed by atoms with Crippen LogP contribution in [-0.2, 0) is 6.54 Å². The number of anilines is 1. The Hall–Kier alpha value is -7.22. The standard InChI is InChI=1S/C49H33N5OS/c50-44-37-22-10-11-25-42(37)56-46(44)45(36-21-12-20-35(29-36)32-14-4-1-5-15-32)51-30-31-26-27-40-39(28-31)43-38(23-13-24-41(43)55-40)49-53-47(33-16-6-2-7-17-33)52-48(54-49)34-18-8-3-9-19-34/h1-29H,30,50H2. The number of hydrogen-bond donors (Lipinski definition) is 1. The zero-order valence-electron chi connectivity index (χ0n) is 30.1. The fourth-order valence-electron chi connectivity index (χ4n) is 7.27. The number of furan rings is 1. The lowest BCUT2D eigenvalue weighted by molar-refractivity contribution is 0.669. The number of nitrogen functional groups attached to an aromatic ring is 1. The molecule has 0 saturated heterocycles. The minimum Gasteiger partial charge on any atom is -0.456 e. The van der Waals surface area contributed by atoms with Crippen LogP contribution in [0.15, 0.2) is 185 Å². The van der Waals surface area contributed by atoms with Crippen molar-refractivity contribution in [3.63, 3.8) is 0 Å². The first-order valence-corrected chi connectivity index (χ1v) is 19.3. The summed E-state index contributed by atoms with van der Waals surface area (Å²) in [6.07, 6.45) is 0. The first kappa shape index (κ1) is 33.4. The van der Waals surface area contributed by atoms with Crippen LogP contribution in [0.1, 0.15) is 16.0 Å². The van der Waals surface area contributed by atoms with Gasteiger partial charge < -0.3 is 10.2 Å². The fraction of sp³-hybridized carbons (Fsp3) is 0.0204. The lowest BCUT2D eigenvalue weighted by Crippen LogP contribution is -2.05. The van der Waals surface area contributed by atoms with E-state index in [9.17, 15) is 0 Å². The molecular weight excluding hydrogens is 707 g/mol. The van der Waals surface area contributed by atoms with Crippen molar-refractivity contribution >= 4 is 54.8 Å². The summed E-state index contributed by atoms with van der Waals surface area (Å²) in [4.78, 5) is 21.3. The van der Waals surface area contributed by atoms with Gasteiger partial charge in [-0.1, -0.05) is 146 Å². The number of hydrogen-bond acceptors (Lipinski definition) is 7. The summed E-state index contributed by atoms with van der Waals surface area (Å²) in [7, 11) is 0. The Bertz CT molecular complexity index is 3000. The van der Waals surface area contributed by atoms with Gasteiger partial charge in [0.1, 0.15) is 11.2 Å². The van der Waals surface area contributed by atoms with Crippen LogP contribution in [0.25, 0.3) is 77.3 Å². The molecule has 10 aromatic rings. The normalized spacial score (nSPS) is 11.8. The van der Waals surface area contributed by atoms with Crippen molar-refractivity contribution in [2.24, 2.45) is 4.99 Å². The van der Waals surface area contributed by atoms with Crippen molar-refractivity contribution < 1.29 is 4.42 Å². The molecular formula is C49H33N5OS. The number of nitrogens with zero attached hydrogens (tertiary/aromatic N) is 4. The SMILES string of the molecule is Nc1c(C(=NCc2ccc3oc4cccc(-c5nc(-c6ccccc6)nc(-c6ccccc6)n5)c4c3c2)c2cccc(-c3ccccc3)c2)sc2ccccc12. The van der Waals surface area contributed by atoms with E-state index in [1.165, 1.54) is 0 Å². The molecule has 3 aromatic heterocycles. The van der Waals surface area contributed by atoms with E-state index in [0.29, 0.717) is 24.0 Å². The van der Waals surface area contributed by atoms with Crippen molar-refractivity contribution in [2.75, 3.05) is 5.73 Å². The van der Waals surface area contributed by atoms with Crippen LogP contribution < -0.4 is 5.73 Å². The summed E-state index contributed by atoms with van der Waals surface area (Å²) in [6.45, 7) is 0.436. The van der Waals surface area contributed by atoms with E-state index in [4.69, 9.17) is 30.1 Å². The molecule has 0 atom stereocenters. The van der Waals surface area contributed by atoms with Crippen molar-refractivity contribution in [2.45, 2.75) is 6.54 Å². The highest BCUT2D eigenvalue weighted by atomic mass is 32.1. The maximum Gasteiger partial charge on any atom is 0.164 e. The third-order valence-corrected chi connectivity index (χ3v) is 11.2. The minimum atomic E-state index is 0.436. The topological polar surface area (TPSA) is 90.2 Å². The Morgan fingerprint density at radius 1 is 0.536 bits per heavy atom. The summed E-state index contributed by atoms with van der Waals surface area (Å²) < 4.78 is 7.58. The highest BCUT2D eigenvalue weighted by Gasteiger charge is 2.20. The van der Waals surface area contributed by atoms with Gasteiger partial charge in [0.25, 0.3) is 0 Å². The highest BCUT2D eigenvalue weighted by molar-refractivity contribution is 7.21. The minimum absolute atomic E-state index is 0.436. The van der Waals surface area contributed by atoms with Crippen molar-refractivity contribution in [1.82, 2.24) is 15.0 Å². The highest BCUT2D eigenvalue weighted by Crippen LogP contribution is 2.39. The molecule has 2 N–H and O–H groups in total. The first-order chi connectivity index (χ1) is 27.7. The van der Waals surface area contributed by atoms with E-state index in [1.807, 2.05) is 91.0 Å². The molecule has 0 bridgehead atoms. The van der Waals surface area contributed by atoms with E-state index in [2.05, 4.69) is 84.9 Å². The zero-order valence-corrected chi connectivity index (χ0v) is 30.9. The van der Waals surface area contributed by atoms with Gasteiger partial charge in [0.05, 0.1) is 22.8 Å². The number of benzene rings is 7. The van der Waals surface area contributed by atoms with Gasteiger partial charge in [-0.05, 0) is 47.0 Å². The molecule has 0 amide bonds. The predicted molar refractivity (Wildman–Crippen MR) is 231 cm³/mol. The molecule has 0 spiro atoms. The monoisotopic (exact) mass is 739 g/mol. The van der Waals surface area contributed by atoms with Crippen molar-refractivity contribution in [3.8, 4) is 45.3 Å². The maximum absolute atomic E-state index is 6.89. The fourth-order valence-corrected chi connectivity index (χ4v) is 8.42. The van der Waals surface area contributed by atoms with E-state index < -0.39 is 0 Å². The molecule has 0 fully saturated rings. The second-order valence-electron chi connectivity index (χ2n) is 13.6. The third kappa shape index (κ3) is 6.20. The van der Waals surface area contributed by atoms with Crippen LogP contribution in [-0.4, -0.2) is 20.7 Å². The van der Waals surface area contributed by atoms with Crippen LogP contribution in [0, 0.1) is 0 Å². The molecule has 7 heteroatoms. The number of nitrogens with two attached hydrogens (primary N) is 1. The van der Waals surface area contributed by atoms with Gasteiger partial charge in [-0.2, -0.15) is 0 Å².